The number of carbonyl (C=O) groups is 2. The van der Waals surface area contributed by atoms with E-state index in [4.69, 9.17) is 5.73 Å². The fraction of sp³-hybridized carbons (Fsp3) is 0.429. The minimum absolute atomic E-state index is 0. The highest BCUT2D eigenvalue weighted by Gasteiger charge is 2.16. The molecule has 110 valence electrons. The Labute approximate surface area is 124 Å². The third-order valence-electron chi connectivity index (χ3n) is 3.41. The van der Waals surface area contributed by atoms with Crippen LogP contribution >= 0.6 is 12.4 Å². The number of benzene rings is 1. The van der Waals surface area contributed by atoms with Crippen molar-refractivity contribution in [3.63, 3.8) is 0 Å². The summed E-state index contributed by atoms with van der Waals surface area (Å²) in [4.78, 5) is 23.1. The number of halogens is 1. The van der Waals surface area contributed by atoms with Gasteiger partial charge in [-0.15, -0.1) is 12.4 Å². The van der Waals surface area contributed by atoms with Gasteiger partial charge in [-0.2, -0.15) is 0 Å². The Hall–Kier alpha value is -1.59. The molecule has 0 aromatic heterocycles. The third kappa shape index (κ3) is 4.51. The fourth-order valence-corrected chi connectivity index (χ4v) is 2.32. The lowest BCUT2D eigenvalue weighted by molar-refractivity contribution is -0.116. The molecule has 1 aliphatic rings. The van der Waals surface area contributed by atoms with Crippen molar-refractivity contribution in [3.8, 4) is 0 Å². The number of hydrogen-bond acceptors (Lipinski definition) is 3. The van der Waals surface area contributed by atoms with Crippen LogP contribution in [0.4, 0.5) is 5.69 Å². The van der Waals surface area contributed by atoms with Crippen molar-refractivity contribution < 1.29 is 9.59 Å². The van der Waals surface area contributed by atoms with Gasteiger partial charge >= 0.3 is 0 Å². The molecule has 1 aliphatic heterocycles. The average molecular weight is 298 g/mol. The topological polar surface area (TPSA) is 84.2 Å². The van der Waals surface area contributed by atoms with E-state index >= 15 is 0 Å². The summed E-state index contributed by atoms with van der Waals surface area (Å²) < 4.78 is 0. The SMILES string of the molecule is Cl.NC(=O)c1ccccc1NC(=O)CCC1CCNC1. The lowest BCUT2D eigenvalue weighted by atomic mass is 10.0. The Kier molecular flexibility index (Phi) is 6.48. The van der Waals surface area contributed by atoms with Crippen molar-refractivity contribution in [1.29, 1.82) is 0 Å². The van der Waals surface area contributed by atoms with Crippen LogP contribution in [0.3, 0.4) is 0 Å². The van der Waals surface area contributed by atoms with Crippen LogP contribution in [0, 0.1) is 5.92 Å². The largest absolute Gasteiger partial charge is 0.366 e. The summed E-state index contributed by atoms with van der Waals surface area (Å²) in [5.74, 6) is -0.0198. The van der Waals surface area contributed by atoms with Gasteiger partial charge in [0.05, 0.1) is 11.3 Å². The van der Waals surface area contributed by atoms with Gasteiger partial charge in [-0.25, -0.2) is 0 Å². The van der Waals surface area contributed by atoms with E-state index in [1.807, 2.05) is 0 Å². The van der Waals surface area contributed by atoms with Crippen molar-refractivity contribution >= 4 is 29.9 Å². The number of amides is 2. The number of nitrogens with two attached hydrogens (primary N) is 1. The molecule has 0 saturated carbocycles. The second-order valence-electron chi connectivity index (χ2n) is 4.86. The molecular weight excluding hydrogens is 278 g/mol. The molecule has 2 rings (SSSR count). The summed E-state index contributed by atoms with van der Waals surface area (Å²) in [6, 6.07) is 6.79. The Balaban J connectivity index is 0.00000200. The summed E-state index contributed by atoms with van der Waals surface area (Å²) >= 11 is 0. The summed E-state index contributed by atoms with van der Waals surface area (Å²) in [5, 5.41) is 6.03. The maximum atomic E-state index is 11.9. The molecule has 0 radical (unpaired) electrons. The molecule has 1 heterocycles. The van der Waals surface area contributed by atoms with E-state index in [-0.39, 0.29) is 18.3 Å². The molecule has 6 heteroatoms. The molecule has 5 nitrogen and oxygen atoms in total. The monoisotopic (exact) mass is 297 g/mol. The van der Waals surface area contributed by atoms with Crippen molar-refractivity contribution in [2.45, 2.75) is 19.3 Å². The molecule has 0 spiro atoms. The standard InChI is InChI=1S/C14H19N3O2.ClH/c15-14(19)11-3-1-2-4-12(11)17-13(18)6-5-10-7-8-16-9-10;/h1-4,10,16H,5-9H2,(H2,15,19)(H,17,18);1H. The first-order valence-corrected chi connectivity index (χ1v) is 6.56. The maximum absolute atomic E-state index is 11.9. The van der Waals surface area contributed by atoms with Crippen molar-refractivity contribution in [2.75, 3.05) is 18.4 Å². The van der Waals surface area contributed by atoms with Crippen molar-refractivity contribution in [3.05, 3.63) is 29.8 Å². The summed E-state index contributed by atoms with van der Waals surface area (Å²) in [6.45, 7) is 2.03. The van der Waals surface area contributed by atoms with Gasteiger partial charge in [0.1, 0.15) is 0 Å². The molecule has 1 saturated heterocycles. The number of rotatable bonds is 5. The second kappa shape index (κ2) is 7.87. The van der Waals surface area contributed by atoms with Gasteiger partial charge in [-0.05, 0) is 44.0 Å². The lowest BCUT2D eigenvalue weighted by Crippen LogP contribution is -2.19. The van der Waals surface area contributed by atoms with Gasteiger partial charge in [0.25, 0.3) is 5.91 Å². The normalized spacial score (nSPS) is 17.3. The molecule has 4 N–H and O–H groups in total. The zero-order valence-electron chi connectivity index (χ0n) is 11.2. The zero-order valence-corrected chi connectivity index (χ0v) is 12.0. The van der Waals surface area contributed by atoms with Gasteiger partial charge < -0.3 is 16.4 Å². The van der Waals surface area contributed by atoms with Gasteiger partial charge in [-0.3, -0.25) is 9.59 Å². The van der Waals surface area contributed by atoms with Crippen LogP contribution in [0.2, 0.25) is 0 Å². The summed E-state index contributed by atoms with van der Waals surface area (Å²) in [7, 11) is 0. The minimum Gasteiger partial charge on any atom is -0.366 e. The predicted octanol–water partition coefficient (Wildman–Crippen LogP) is 1.54. The minimum atomic E-state index is -0.532. The Bertz CT molecular complexity index is 473. The van der Waals surface area contributed by atoms with Crippen LogP contribution in [-0.2, 0) is 4.79 Å². The van der Waals surface area contributed by atoms with Gasteiger partial charge in [0.2, 0.25) is 5.91 Å². The molecule has 1 fully saturated rings. The zero-order chi connectivity index (χ0) is 13.7. The number of carbonyl (C=O) groups excluding carboxylic acids is 2. The van der Waals surface area contributed by atoms with Crippen LogP contribution in [0.5, 0.6) is 0 Å². The quantitative estimate of drug-likeness (QED) is 0.771. The van der Waals surface area contributed by atoms with E-state index in [1.54, 1.807) is 24.3 Å². The van der Waals surface area contributed by atoms with Gasteiger partial charge in [0.15, 0.2) is 0 Å². The number of para-hydroxylation sites is 1. The van der Waals surface area contributed by atoms with Crippen LogP contribution in [0.1, 0.15) is 29.6 Å². The van der Waals surface area contributed by atoms with E-state index in [9.17, 15) is 9.59 Å². The first-order valence-electron chi connectivity index (χ1n) is 6.56. The predicted molar refractivity (Wildman–Crippen MR) is 81.0 cm³/mol. The highest BCUT2D eigenvalue weighted by molar-refractivity contribution is 6.02. The van der Waals surface area contributed by atoms with Crippen LogP contribution in [0.25, 0.3) is 0 Å². The van der Waals surface area contributed by atoms with E-state index < -0.39 is 5.91 Å². The molecule has 0 aliphatic carbocycles. The summed E-state index contributed by atoms with van der Waals surface area (Å²) in [6.07, 6.45) is 2.47. The van der Waals surface area contributed by atoms with E-state index in [0.717, 1.165) is 25.9 Å². The van der Waals surface area contributed by atoms with Crippen LogP contribution < -0.4 is 16.4 Å². The number of nitrogens with one attached hydrogen (secondary N) is 2. The molecular formula is C14H20ClN3O2. The second-order valence-corrected chi connectivity index (χ2v) is 4.86. The molecule has 2 amide bonds. The van der Waals surface area contributed by atoms with E-state index in [2.05, 4.69) is 10.6 Å². The lowest BCUT2D eigenvalue weighted by Gasteiger charge is -2.10. The highest BCUT2D eigenvalue weighted by atomic mass is 35.5. The first-order chi connectivity index (χ1) is 9.16. The third-order valence-corrected chi connectivity index (χ3v) is 3.41. The number of primary amides is 1. The first kappa shape index (κ1) is 16.5. The smallest absolute Gasteiger partial charge is 0.250 e. The summed E-state index contributed by atoms with van der Waals surface area (Å²) in [5.41, 5.74) is 6.10. The number of anilines is 1. The van der Waals surface area contributed by atoms with E-state index in [1.165, 1.54) is 0 Å². The number of hydrogen-bond donors (Lipinski definition) is 3. The van der Waals surface area contributed by atoms with Crippen LogP contribution in [-0.4, -0.2) is 24.9 Å². The molecule has 1 atom stereocenters. The molecule has 1 aromatic carbocycles. The molecule has 1 aromatic rings. The fourth-order valence-electron chi connectivity index (χ4n) is 2.32. The van der Waals surface area contributed by atoms with Crippen molar-refractivity contribution in [1.82, 2.24) is 5.32 Å². The van der Waals surface area contributed by atoms with Gasteiger partial charge in [-0.1, -0.05) is 12.1 Å². The Morgan fingerprint density at radius 2 is 2.10 bits per heavy atom. The molecule has 20 heavy (non-hydrogen) atoms. The van der Waals surface area contributed by atoms with Gasteiger partial charge in [0, 0.05) is 6.42 Å². The Morgan fingerprint density at radius 1 is 1.35 bits per heavy atom. The molecule has 0 bridgehead atoms. The van der Waals surface area contributed by atoms with Crippen molar-refractivity contribution in [2.24, 2.45) is 11.7 Å². The highest BCUT2D eigenvalue weighted by Crippen LogP contribution is 2.17. The molecule has 1 unspecified atom stereocenters. The van der Waals surface area contributed by atoms with Crippen LogP contribution in [0.15, 0.2) is 24.3 Å². The Morgan fingerprint density at radius 3 is 2.75 bits per heavy atom. The van der Waals surface area contributed by atoms with E-state index in [0.29, 0.717) is 23.6 Å². The maximum Gasteiger partial charge on any atom is 0.250 e. The average Bonchev–Trinajstić information content (AvgIpc) is 2.90.